The van der Waals surface area contributed by atoms with Crippen LogP contribution in [0.2, 0.25) is 0 Å². The third-order valence-corrected chi connectivity index (χ3v) is 8.09. The number of carbonyl (C=O) groups is 1. The molecule has 0 aliphatic heterocycles. The van der Waals surface area contributed by atoms with Gasteiger partial charge in [-0.2, -0.15) is 0 Å². The fraction of sp³-hybridized carbons (Fsp3) is 0.886. The summed E-state index contributed by atoms with van der Waals surface area (Å²) in [6.07, 6.45) is 29.4. The Hall–Kier alpha value is -1.10. The first-order valence-electron chi connectivity index (χ1n) is 21.1. The molecule has 0 aromatic carbocycles. The Kier molecular flexibility index (Phi) is 68.9. The maximum atomic E-state index is 8.81. The number of nitrogens with one attached hydrogen (secondary N) is 1. The number of aldehydes is 1. The van der Waals surface area contributed by atoms with Crippen molar-refractivity contribution in [1.82, 2.24) is 0 Å². The molecule has 0 radical (unpaired) electrons. The summed E-state index contributed by atoms with van der Waals surface area (Å²) in [7, 11) is 0. The van der Waals surface area contributed by atoms with Crippen LogP contribution in [0, 0.1) is 23.2 Å². The van der Waals surface area contributed by atoms with Gasteiger partial charge in [-0.1, -0.05) is 212 Å². The molecule has 4 nitrogen and oxygen atoms in total. The molecule has 298 valence electrons. The highest BCUT2D eigenvalue weighted by atomic mass is 32.1. The van der Waals surface area contributed by atoms with E-state index >= 15 is 0 Å². The van der Waals surface area contributed by atoms with Crippen molar-refractivity contribution in [2.75, 3.05) is 6.61 Å². The minimum absolute atomic E-state index is 0.149. The van der Waals surface area contributed by atoms with Crippen LogP contribution >= 0.6 is 12.8 Å². The van der Waals surface area contributed by atoms with Crippen molar-refractivity contribution in [2.45, 2.75) is 232 Å². The summed E-state index contributed by atoms with van der Waals surface area (Å²) in [4.78, 5) is 8.81. The SMILES string of the molecule is CC.CC.CC(C)C(C)C.CC=O.CCC/C=C(CC)/C(=N/S)C(=N)OCCCCCC.CCCCCCCCCCCCCCC(C)C. The molecule has 0 saturated carbocycles. The molecule has 0 amide bonds. The van der Waals surface area contributed by atoms with Gasteiger partial charge in [0.1, 0.15) is 12.0 Å². The van der Waals surface area contributed by atoms with Gasteiger partial charge in [0.15, 0.2) is 0 Å². The van der Waals surface area contributed by atoms with Crippen molar-refractivity contribution in [2.24, 2.45) is 22.2 Å². The number of allylic oxidation sites excluding steroid dienone is 1. The number of hydrogen-bond donors (Lipinski definition) is 2. The van der Waals surface area contributed by atoms with Crippen LogP contribution < -0.4 is 0 Å². The standard InChI is InChI=1S/C17H36.C15H28N2OS.C6H14.C2H4O.2C2H6/c1-4-5-6-7-8-9-10-11-12-13-14-15-16-17(2)3;1-4-7-9-10-12-18-15(16)14(17-19)13(6-3)11-8-5-2;1-5(2)6(3)4;1-2-3;2*1-2/h17H,4-16H2,1-3H3;11,16,19H,4-10,12H2,1-3H3;5-6H,1-4H3;2H,1H3;2*1-2H3/b;13-11+,16-15?,17-14-;;;;. The van der Waals surface area contributed by atoms with E-state index in [1.807, 2.05) is 27.7 Å². The minimum Gasteiger partial charge on any atom is -0.477 e. The Bertz CT molecular complexity index is 651. The number of rotatable bonds is 24. The van der Waals surface area contributed by atoms with Gasteiger partial charge < -0.3 is 9.53 Å². The average Bonchev–Trinajstić information content (AvgIpc) is 3.09. The molecule has 0 atom stereocenters. The highest BCUT2D eigenvalue weighted by Crippen LogP contribution is 2.14. The molecule has 5 heteroatoms. The van der Waals surface area contributed by atoms with E-state index in [-0.39, 0.29) is 5.90 Å². The molecule has 0 aromatic rings. The first kappa shape index (κ1) is 60.0. The molecule has 0 fully saturated rings. The second kappa shape index (κ2) is 56.3. The first-order valence-corrected chi connectivity index (χ1v) is 21.5. The monoisotopic (exact) mass is 715 g/mol. The van der Waals surface area contributed by atoms with Gasteiger partial charge in [-0.05, 0) is 62.3 Å². The van der Waals surface area contributed by atoms with Crippen LogP contribution in [0.4, 0.5) is 0 Å². The predicted molar refractivity (Wildman–Crippen MR) is 232 cm³/mol. The normalized spacial score (nSPS) is 10.7. The topological polar surface area (TPSA) is 62.5 Å². The van der Waals surface area contributed by atoms with E-state index in [0.717, 1.165) is 61.7 Å². The summed E-state index contributed by atoms with van der Waals surface area (Å²) in [5.74, 6) is 2.75. The molecular formula is C44H94N2O2S. The van der Waals surface area contributed by atoms with E-state index in [9.17, 15) is 0 Å². The van der Waals surface area contributed by atoms with Gasteiger partial charge in [0.05, 0.1) is 6.61 Å². The van der Waals surface area contributed by atoms with Gasteiger partial charge in [-0.15, -0.1) is 0 Å². The lowest BCUT2D eigenvalue weighted by atomic mass is 10.0. The quantitative estimate of drug-likeness (QED) is 0.0344. The highest BCUT2D eigenvalue weighted by Gasteiger charge is 2.12. The van der Waals surface area contributed by atoms with Crippen LogP contribution in [0.1, 0.15) is 232 Å². The van der Waals surface area contributed by atoms with Gasteiger partial charge in [0.2, 0.25) is 5.90 Å². The highest BCUT2D eigenvalue weighted by molar-refractivity contribution is 7.79. The lowest BCUT2D eigenvalue weighted by Gasteiger charge is -2.11. The maximum Gasteiger partial charge on any atom is 0.233 e. The van der Waals surface area contributed by atoms with E-state index in [1.165, 1.54) is 103 Å². The summed E-state index contributed by atoms with van der Waals surface area (Å²) in [5, 5.41) is 7.95. The van der Waals surface area contributed by atoms with E-state index in [4.69, 9.17) is 14.9 Å². The van der Waals surface area contributed by atoms with Crippen molar-refractivity contribution in [3.63, 3.8) is 0 Å². The summed E-state index contributed by atoms with van der Waals surface area (Å²) >= 11 is 3.98. The molecule has 0 aromatic heterocycles. The van der Waals surface area contributed by atoms with Crippen molar-refractivity contribution < 1.29 is 9.53 Å². The van der Waals surface area contributed by atoms with Gasteiger partial charge in [-0.3, -0.25) is 5.41 Å². The van der Waals surface area contributed by atoms with Crippen LogP contribution in [0.5, 0.6) is 0 Å². The first-order chi connectivity index (χ1) is 23.5. The Morgan fingerprint density at radius 2 is 1.02 bits per heavy atom. The van der Waals surface area contributed by atoms with Crippen molar-refractivity contribution in [3.05, 3.63) is 11.6 Å². The summed E-state index contributed by atoms with van der Waals surface area (Å²) in [5.41, 5.74) is 1.63. The zero-order valence-corrected chi connectivity index (χ0v) is 37.3. The summed E-state index contributed by atoms with van der Waals surface area (Å²) in [6, 6.07) is 0. The number of thiol groups is 1. The molecule has 0 saturated heterocycles. The molecule has 0 aliphatic rings. The number of unbranched alkanes of at least 4 members (excludes halogenated alkanes) is 15. The van der Waals surface area contributed by atoms with Crippen LogP contribution in [-0.4, -0.2) is 24.5 Å². The van der Waals surface area contributed by atoms with E-state index in [0.29, 0.717) is 12.3 Å². The van der Waals surface area contributed by atoms with Gasteiger partial charge in [-0.25, -0.2) is 4.40 Å². The lowest BCUT2D eigenvalue weighted by Crippen LogP contribution is -2.19. The molecular weight excluding hydrogens is 621 g/mol. The Labute approximate surface area is 317 Å². The summed E-state index contributed by atoms with van der Waals surface area (Å²) < 4.78 is 9.39. The zero-order chi connectivity index (χ0) is 39.1. The number of carbonyl (C=O) groups excluding carboxylic acids is 1. The third-order valence-electron chi connectivity index (χ3n) is 7.89. The Morgan fingerprint density at radius 3 is 1.33 bits per heavy atom. The summed E-state index contributed by atoms with van der Waals surface area (Å²) in [6.45, 7) is 32.3. The number of hydrogen-bond acceptors (Lipinski definition) is 5. The molecule has 0 heterocycles. The fourth-order valence-electron chi connectivity index (χ4n) is 4.15. The van der Waals surface area contributed by atoms with Crippen LogP contribution in [0.3, 0.4) is 0 Å². The molecule has 0 unspecified atom stereocenters. The number of nitrogens with zero attached hydrogens (tertiary/aromatic N) is 1. The average molecular weight is 715 g/mol. The molecule has 1 N–H and O–H groups in total. The number of ether oxygens (including phenoxy) is 1. The van der Waals surface area contributed by atoms with Gasteiger partial charge >= 0.3 is 0 Å². The van der Waals surface area contributed by atoms with Gasteiger partial charge in [0, 0.05) is 0 Å². The molecule has 0 aliphatic carbocycles. The van der Waals surface area contributed by atoms with E-state index < -0.39 is 0 Å². The molecule has 49 heavy (non-hydrogen) atoms. The largest absolute Gasteiger partial charge is 0.477 e. The predicted octanol–water partition coefficient (Wildman–Crippen LogP) is 16.3. The second-order valence-electron chi connectivity index (χ2n) is 13.4. The van der Waals surface area contributed by atoms with Crippen molar-refractivity contribution in [3.8, 4) is 0 Å². The Morgan fingerprint density at radius 1 is 0.653 bits per heavy atom. The smallest absolute Gasteiger partial charge is 0.233 e. The minimum atomic E-state index is 0.149. The molecule has 0 spiro atoms. The maximum absolute atomic E-state index is 8.81. The molecule has 0 bridgehead atoms. The van der Waals surface area contributed by atoms with E-state index in [1.54, 1.807) is 0 Å². The third kappa shape index (κ3) is 59.4. The van der Waals surface area contributed by atoms with Crippen LogP contribution in [-0.2, 0) is 9.53 Å². The van der Waals surface area contributed by atoms with Gasteiger partial charge in [0.25, 0.3) is 0 Å². The zero-order valence-electron chi connectivity index (χ0n) is 36.4. The Balaban J connectivity index is -0.000000140. The van der Waals surface area contributed by atoms with E-state index in [2.05, 4.69) is 92.5 Å². The van der Waals surface area contributed by atoms with Crippen molar-refractivity contribution >= 4 is 30.7 Å². The van der Waals surface area contributed by atoms with Crippen LogP contribution in [0.25, 0.3) is 0 Å². The van der Waals surface area contributed by atoms with Crippen LogP contribution in [0.15, 0.2) is 16.0 Å². The molecule has 0 rings (SSSR count). The fourth-order valence-corrected chi connectivity index (χ4v) is 4.37. The lowest BCUT2D eigenvalue weighted by molar-refractivity contribution is -0.106. The van der Waals surface area contributed by atoms with Crippen molar-refractivity contribution in [1.29, 1.82) is 5.41 Å². The second-order valence-corrected chi connectivity index (χ2v) is 13.6.